The minimum atomic E-state index is -0.228. The molecule has 0 bridgehead atoms. The van der Waals surface area contributed by atoms with Crippen molar-refractivity contribution in [1.29, 1.82) is 0 Å². The average molecular weight is 621 g/mol. The molecule has 1 aliphatic rings. The fourth-order valence-electron chi connectivity index (χ4n) is 3.52. The highest BCUT2D eigenvalue weighted by molar-refractivity contribution is 14.1. The van der Waals surface area contributed by atoms with Crippen LogP contribution in [0.4, 0.5) is 5.69 Å². The summed E-state index contributed by atoms with van der Waals surface area (Å²) in [5.41, 5.74) is 3.91. The summed E-state index contributed by atoms with van der Waals surface area (Å²) in [7, 11) is 0. The Morgan fingerprint density at radius 1 is 1.06 bits per heavy atom. The molecule has 3 aromatic rings. The maximum Gasteiger partial charge on any atom is 0.260 e. The van der Waals surface area contributed by atoms with Crippen LogP contribution in [0.5, 0.6) is 11.5 Å². The number of carbonyl (C=O) groups is 1. The molecule has 182 valence electrons. The van der Waals surface area contributed by atoms with Crippen LogP contribution in [0.2, 0.25) is 5.02 Å². The zero-order valence-electron chi connectivity index (χ0n) is 19.4. The summed E-state index contributed by atoms with van der Waals surface area (Å²) in [6, 6.07) is 19.7. The predicted octanol–water partition coefficient (Wildman–Crippen LogP) is 7.08. The molecule has 0 unspecified atom stereocenters. The second-order valence-electron chi connectivity index (χ2n) is 7.85. The van der Waals surface area contributed by atoms with Gasteiger partial charge in [0.2, 0.25) is 0 Å². The number of hydrogen-bond acceptors (Lipinski definition) is 5. The lowest BCUT2D eigenvalue weighted by atomic mass is 10.1. The van der Waals surface area contributed by atoms with Crippen LogP contribution >= 0.6 is 46.0 Å². The minimum Gasteiger partial charge on any atom is -0.490 e. The topological polar surface area (TPSA) is 59.6 Å². The van der Waals surface area contributed by atoms with Crippen molar-refractivity contribution in [2.75, 3.05) is 11.9 Å². The van der Waals surface area contributed by atoms with E-state index < -0.39 is 0 Å². The summed E-state index contributed by atoms with van der Waals surface area (Å²) in [5.74, 6) is 1.23. The van der Waals surface area contributed by atoms with Crippen molar-refractivity contribution >= 4 is 63.6 Å². The molecule has 1 amide bonds. The lowest BCUT2D eigenvalue weighted by molar-refractivity contribution is -0.116. The smallest absolute Gasteiger partial charge is 0.260 e. The van der Waals surface area contributed by atoms with E-state index in [9.17, 15) is 4.79 Å². The molecule has 5 nitrogen and oxygen atoms in total. The molecule has 1 fully saturated rings. The van der Waals surface area contributed by atoms with Gasteiger partial charge in [-0.25, -0.2) is 0 Å². The first-order valence-electron chi connectivity index (χ1n) is 11.3. The standard InChI is InChI=1S/C27H26ClIN2O3S/c1-3-17-7-11-21(12-8-17)30-27-31-26(32)24(35-27)15-19-13-22(29)25(23(14-19)33-4-2)34-16-18-5-9-20(28)10-6-18/h5-15,27,30H,3-4,16H2,1-2H3,(H,31,32)/b24-15-/t27-/m1/s1. The number of carbonyl (C=O) groups excluding carboxylic acids is 1. The van der Waals surface area contributed by atoms with Crippen molar-refractivity contribution in [2.45, 2.75) is 32.4 Å². The number of hydrogen-bond donors (Lipinski definition) is 2. The van der Waals surface area contributed by atoms with E-state index in [1.807, 2.05) is 61.5 Å². The Labute approximate surface area is 228 Å². The molecule has 1 heterocycles. The molecule has 3 aromatic carbocycles. The average Bonchev–Trinajstić information content (AvgIpc) is 3.18. The lowest BCUT2D eigenvalue weighted by Crippen LogP contribution is -2.30. The van der Waals surface area contributed by atoms with Crippen molar-refractivity contribution in [3.8, 4) is 11.5 Å². The maximum absolute atomic E-state index is 12.6. The van der Waals surface area contributed by atoms with E-state index in [0.29, 0.717) is 34.6 Å². The number of anilines is 1. The highest BCUT2D eigenvalue weighted by Gasteiger charge is 2.27. The van der Waals surface area contributed by atoms with Gasteiger partial charge in [0.25, 0.3) is 5.91 Å². The summed E-state index contributed by atoms with van der Waals surface area (Å²) in [5, 5.41) is 7.04. The van der Waals surface area contributed by atoms with Crippen LogP contribution in [0.3, 0.4) is 0 Å². The van der Waals surface area contributed by atoms with Crippen LogP contribution in [-0.2, 0) is 17.8 Å². The molecule has 2 N–H and O–H groups in total. The summed E-state index contributed by atoms with van der Waals surface area (Å²) < 4.78 is 12.9. The van der Waals surface area contributed by atoms with Gasteiger partial charge in [0.05, 0.1) is 15.1 Å². The highest BCUT2D eigenvalue weighted by Crippen LogP contribution is 2.37. The summed E-state index contributed by atoms with van der Waals surface area (Å²) >= 11 is 9.68. The van der Waals surface area contributed by atoms with Gasteiger partial charge in [-0.15, -0.1) is 0 Å². The van der Waals surface area contributed by atoms with Gasteiger partial charge in [-0.05, 0) is 95.1 Å². The third kappa shape index (κ3) is 6.86. The maximum atomic E-state index is 12.6. The SMILES string of the molecule is CCOc1cc(/C=C2\S[C@H](Nc3ccc(CC)cc3)NC2=O)cc(I)c1OCc1ccc(Cl)cc1. The Morgan fingerprint density at radius 2 is 1.77 bits per heavy atom. The number of nitrogens with one attached hydrogen (secondary N) is 2. The fourth-order valence-corrected chi connectivity index (χ4v) is 5.41. The first-order chi connectivity index (χ1) is 16.9. The number of thioether (sulfide) groups is 1. The van der Waals surface area contributed by atoms with Crippen LogP contribution in [0.15, 0.2) is 65.6 Å². The predicted molar refractivity (Wildman–Crippen MR) is 153 cm³/mol. The molecule has 35 heavy (non-hydrogen) atoms. The summed E-state index contributed by atoms with van der Waals surface area (Å²) in [6.45, 7) is 4.97. The third-order valence-electron chi connectivity index (χ3n) is 5.32. The van der Waals surface area contributed by atoms with Crippen LogP contribution in [0.25, 0.3) is 6.08 Å². The molecule has 0 radical (unpaired) electrons. The van der Waals surface area contributed by atoms with E-state index in [0.717, 1.165) is 26.8 Å². The van der Waals surface area contributed by atoms with E-state index in [1.165, 1.54) is 17.3 Å². The van der Waals surface area contributed by atoms with Gasteiger partial charge < -0.3 is 20.1 Å². The van der Waals surface area contributed by atoms with Gasteiger partial charge in [-0.2, -0.15) is 0 Å². The van der Waals surface area contributed by atoms with Gasteiger partial charge in [-0.1, -0.05) is 54.6 Å². The van der Waals surface area contributed by atoms with Gasteiger partial charge >= 0.3 is 0 Å². The molecule has 8 heteroatoms. The zero-order valence-corrected chi connectivity index (χ0v) is 23.2. The van der Waals surface area contributed by atoms with Crippen molar-refractivity contribution < 1.29 is 14.3 Å². The van der Waals surface area contributed by atoms with Gasteiger partial charge in [-0.3, -0.25) is 4.79 Å². The Balaban J connectivity index is 1.48. The van der Waals surface area contributed by atoms with E-state index >= 15 is 0 Å². The third-order valence-corrected chi connectivity index (χ3v) is 7.40. The molecule has 1 atom stereocenters. The van der Waals surface area contributed by atoms with Gasteiger partial charge in [0, 0.05) is 10.7 Å². The van der Waals surface area contributed by atoms with Crippen molar-refractivity contribution in [1.82, 2.24) is 5.32 Å². The second kappa shape index (κ2) is 12.1. The van der Waals surface area contributed by atoms with E-state index in [2.05, 4.69) is 52.3 Å². The Kier molecular flexibility index (Phi) is 8.86. The van der Waals surface area contributed by atoms with Crippen LogP contribution in [0.1, 0.15) is 30.5 Å². The number of amides is 1. The Hall–Kier alpha value is -2.36. The molecule has 1 saturated heterocycles. The number of benzene rings is 3. The quantitative estimate of drug-likeness (QED) is 0.198. The normalized spacial score (nSPS) is 16.3. The van der Waals surface area contributed by atoms with Gasteiger partial charge in [0.15, 0.2) is 17.0 Å². The largest absolute Gasteiger partial charge is 0.490 e. The summed E-state index contributed by atoms with van der Waals surface area (Å²) in [4.78, 5) is 13.3. The first-order valence-corrected chi connectivity index (χ1v) is 13.7. The van der Waals surface area contributed by atoms with Crippen LogP contribution in [0, 0.1) is 3.57 Å². The Morgan fingerprint density at radius 3 is 2.46 bits per heavy atom. The second-order valence-corrected chi connectivity index (χ2v) is 10.6. The Bertz CT molecular complexity index is 1220. The summed E-state index contributed by atoms with van der Waals surface area (Å²) in [6.07, 6.45) is 2.88. The highest BCUT2D eigenvalue weighted by atomic mass is 127. The molecular formula is C27H26ClIN2O3S. The first kappa shape index (κ1) is 25.7. The van der Waals surface area contributed by atoms with Crippen LogP contribution < -0.4 is 20.1 Å². The van der Waals surface area contributed by atoms with Crippen molar-refractivity contribution in [2.24, 2.45) is 0 Å². The minimum absolute atomic E-state index is 0.103. The van der Waals surface area contributed by atoms with E-state index in [-0.39, 0.29) is 11.4 Å². The molecule has 1 aliphatic heterocycles. The number of ether oxygens (including phenoxy) is 2. The van der Waals surface area contributed by atoms with Crippen molar-refractivity contribution in [3.05, 3.63) is 90.9 Å². The fraction of sp³-hybridized carbons (Fsp3) is 0.222. The molecule has 0 aliphatic carbocycles. The van der Waals surface area contributed by atoms with Crippen molar-refractivity contribution in [3.63, 3.8) is 0 Å². The molecule has 0 aromatic heterocycles. The number of aryl methyl sites for hydroxylation is 1. The monoisotopic (exact) mass is 620 g/mol. The lowest BCUT2D eigenvalue weighted by Gasteiger charge is -2.15. The molecule has 0 saturated carbocycles. The zero-order chi connectivity index (χ0) is 24.8. The van der Waals surface area contributed by atoms with Gasteiger partial charge in [0.1, 0.15) is 6.61 Å². The van der Waals surface area contributed by atoms with E-state index in [1.54, 1.807) is 0 Å². The molecule has 0 spiro atoms. The number of rotatable bonds is 9. The number of halogens is 2. The molecular weight excluding hydrogens is 595 g/mol. The van der Waals surface area contributed by atoms with E-state index in [4.69, 9.17) is 21.1 Å². The molecule has 4 rings (SSSR count). The van der Waals surface area contributed by atoms with Crippen LogP contribution in [-0.4, -0.2) is 18.0 Å².